The molecule has 2 aromatic rings. The predicted molar refractivity (Wildman–Crippen MR) is 109 cm³/mol. The number of halogens is 4. The summed E-state index contributed by atoms with van der Waals surface area (Å²) in [7, 11) is 0. The lowest BCUT2D eigenvalue weighted by molar-refractivity contribution is 0.0937. The minimum Gasteiger partial charge on any atom is -0.489 e. The molecule has 0 atom stereocenters. The summed E-state index contributed by atoms with van der Waals surface area (Å²) in [6.07, 6.45) is 0. The highest BCUT2D eigenvalue weighted by molar-refractivity contribution is 6.35. The lowest BCUT2D eigenvalue weighted by Gasteiger charge is -2.14. The Kier molecular flexibility index (Phi) is 11.3. The molecule has 0 aliphatic rings. The number of aliphatic hydroxyl groups is 1. The Balaban J connectivity index is 0.00000338. The molecule has 0 heterocycles. The van der Waals surface area contributed by atoms with Gasteiger partial charge in [0, 0.05) is 39.3 Å². The lowest BCUT2D eigenvalue weighted by Crippen LogP contribution is -2.20. The SMILES string of the molecule is Cl.OCCOCCNCc1cc(Cl)ccc1OCc1ccc(Cl)cc1Cl. The number of ether oxygens (including phenoxy) is 2. The van der Waals surface area contributed by atoms with E-state index in [1.807, 2.05) is 18.2 Å². The zero-order valence-electron chi connectivity index (χ0n) is 14.0. The van der Waals surface area contributed by atoms with Crippen LogP contribution in [0.3, 0.4) is 0 Å². The van der Waals surface area contributed by atoms with Gasteiger partial charge in [0.25, 0.3) is 0 Å². The first-order chi connectivity index (χ1) is 12.1. The summed E-state index contributed by atoms with van der Waals surface area (Å²) in [5.74, 6) is 0.735. The average Bonchev–Trinajstić information content (AvgIpc) is 2.58. The summed E-state index contributed by atoms with van der Waals surface area (Å²) >= 11 is 18.2. The van der Waals surface area contributed by atoms with Gasteiger partial charge in [-0.3, -0.25) is 0 Å². The summed E-state index contributed by atoms with van der Waals surface area (Å²) in [5.41, 5.74) is 1.80. The molecule has 4 nitrogen and oxygen atoms in total. The van der Waals surface area contributed by atoms with Gasteiger partial charge < -0.3 is 19.9 Å². The van der Waals surface area contributed by atoms with Crippen molar-refractivity contribution in [3.63, 3.8) is 0 Å². The van der Waals surface area contributed by atoms with Crippen LogP contribution in [0.2, 0.25) is 15.1 Å². The molecule has 2 rings (SSSR count). The smallest absolute Gasteiger partial charge is 0.124 e. The van der Waals surface area contributed by atoms with Crippen molar-refractivity contribution in [3.8, 4) is 5.75 Å². The molecule has 0 aliphatic carbocycles. The fraction of sp³-hybridized carbons (Fsp3) is 0.333. The molecular weight excluding hydrogens is 420 g/mol. The fourth-order valence-electron chi connectivity index (χ4n) is 2.16. The molecule has 0 saturated carbocycles. The number of nitrogens with one attached hydrogen (secondary N) is 1. The summed E-state index contributed by atoms with van der Waals surface area (Å²) in [5, 5.41) is 13.7. The number of aliphatic hydroxyl groups excluding tert-OH is 1. The summed E-state index contributed by atoms with van der Waals surface area (Å²) in [6, 6.07) is 10.8. The van der Waals surface area contributed by atoms with Crippen LogP contribution < -0.4 is 10.1 Å². The maximum Gasteiger partial charge on any atom is 0.124 e. The molecule has 0 saturated heterocycles. The Labute approximate surface area is 174 Å². The van der Waals surface area contributed by atoms with Gasteiger partial charge >= 0.3 is 0 Å². The molecule has 0 bridgehead atoms. The van der Waals surface area contributed by atoms with Gasteiger partial charge in [0.2, 0.25) is 0 Å². The van der Waals surface area contributed by atoms with Crippen LogP contribution in [0.15, 0.2) is 36.4 Å². The highest BCUT2D eigenvalue weighted by atomic mass is 35.5. The van der Waals surface area contributed by atoms with Gasteiger partial charge in [-0.1, -0.05) is 40.9 Å². The quantitative estimate of drug-likeness (QED) is 0.523. The van der Waals surface area contributed by atoms with E-state index in [9.17, 15) is 0 Å². The maximum absolute atomic E-state index is 8.66. The first-order valence-electron chi connectivity index (χ1n) is 7.84. The van der Waals surface area contributed by atoms with Gasteiger partial charge in [0.1, 0.15) is 12.4 Å². The van der Waals surface area contributed by atoms with Crippen molar-refractivity contribution in [3.05, 3.63) is 62.6 Å². The second-order valence-electron chi connectivity index (χ2n) is 5.29. The van der Waals surface area contributed by atoms with Gasteiger partial charge in [-0.2, -0.15) is 0 Å². The maximum atomic E-state index is 8.66. The molecule has 0 aromatic heterocycles. The second-order valence-corrected chi connectivity index (χ2v) is 6.57. The van der Waals surface area contributed by atoms with Gasteiger partial charge in [0.05, 0.1) is 19.8 Å². The first kappa shape index (κ1) is 23.3. The minimum absolute atomic E-state index is 0. The highest BCUT2D eigenvalue weighted by Crippen LogP contribution is 2.26. The third kappa shape index (κ3) is 7.89. The second kappa shape index (κ2) is 12.6. The number of hydrogen-bond donors (Lipinski definition) is 2. The van der Waals surface area contributed by atoms with E-state index in [1.165, 1.54) is 0 Å². The minimum atomic E-state index is 0. The van der Waals surface area contributed by atoms with Crippen molar-refractivity contribution in [1.82, 2.24) is 5.32 Å². The highest BCUT2D eigenvalue weighted by Gasteiger charge is 2.07. The zero-order valence-corrected chi connectivity index (χ0v) is 17.1. The van der Waals surface area contributed by atoms with Crippen LogP contribution in [0.4, 0.5) is 0 Å². The van der Waals surface area contributed by atoms with Crippen molar-refractivity contribution in [1.29, 1.82) is 0 Å². The molecule has 0 fully saturated rings. The normalized spacial score (nSPS) is 10.5. The largest absolute Gasteiger partial charge is 0.489 e. The number of benzene rings is 2. The van der Waals surface area contributed by atoms with Crippen LogP contribution >= 0.6 is 47.2 Å². The molecule has 144 valence electrons. The average molecular weight is 441 g/mol. The fourth-order valence-corrected chi connectivity index (χ4v) is 2.81. The summed E-state index contributed by atoms with van der Waals surface area (Å²) < 4.78 is 11.1. The van der Waals surface area contributed by atoms with Crippen LogP contribution in [0.5, 0.6) is 5.75 Å². The van der Waals surface area contributed by atoms with E-state index in [0.717, 1.165) is 16.9 Å². The van der Waals surface area contributed by atoms with Crippen molar-refractivity contribution in [2.45, 2.75) is 13.2 Å². The van der Waals surface area contributed by atoms with E-state index in [1.54, 1.807) is 18.2 Å². The molecule has 0 spiro atoms. The third-order valence-electron chi connectivity index (χ3n) is 3.40. The van der Waals surface area contributed by atoms with Crippen molar-refractivity contribution in [2.24, 2.45) is 0 Å². The third-order valence-corrected chi connectivity index (χ3v) is 4.22. The Hall–Kier alpha value is -0.720. The Bertz CT molecular complexity index is 685. The summed E-state index contributed by atoms with van der Waals surface area (Å²) in [6.45, 7) is 2.48. The van der Waals surface area contributed by atoms with E-state index in [0.29, 0.717) is 48.0 Å². The topological polar surface area (TPSA) is 50.7 Å². The molecular formula is C18H21Cl4NO3. The molecule has 0 unspecified atom stereocenters. The zero-order chi connectivity index (χ0) is 18.1. The molecule has 8 heteroatoms. The van der Waals surface area contributed by atoms with Gasteiger partial charge in [-0.15, -0.1) is 12.4 Å². The molecule has 0 amide bonds. The monoisotopic (exact) mass is 439 g/mol. The van der Waals surface area contributed by atoms with E-state index in [4.69, 9.17) is 49.4 Å². The van der Waals surface area contributed by atoms with Crippen molar-refractivity contribution >= 4 is 47.2 Å². The van der Waals surface area contributed by atoms with Crippen molar-refractivity contribution in [2.75, 3.05) is 26.4 Å². The predicted octanol–water partition coefficient (Wildman–Crippen LogP) is 4.75. The number of rotatable bonds is 10. The first-order valence-corrected chi connectivity index (χ1v) is 8.98. The molecule has 2 aromatic carbocycles. The summed E-state index contributed by atoms with van der Waals surface area (Å²) in [4.78, 5) is 0. The Morgan fingerprint density at radius 3 is 2.38 bits per heavy atom. The van der Waals surface area contributed by atoms with Gasteiger partial charge in [0.15, 0.2) is 0 Å². The standard InChI is InChI=1S/C18H20Cl3NO3.ClH/c19-15-3-4-18(14(9-15)11-22-5-7-24-8-6-23)25-12-13-1-2-16(20)10-17(13)21;/h1-4,9-10,22-23H,5-8,11-12H2;1H. The Morgan fingerprint density at radius 1 is 0.923 bits per heavy atom. The molecule has 0 aliphatic heterocycles. The van der Waals surface area contributed by atoms with Crippen LogP contribution in [-0.2, 0) is 17.9 Å². The van der Waals surface area contributed by atoms with E-state index < -0.39 is 0 Å². The van der Waals surface area contributed by atoms with Crippen LogP contribution in [0.25, 0.3) is 0 Å². The van der Waals surface area contributed by atoms with E-state index >= 15 is 0 Å². The molecule has 2 N–H and O–H groups in total. The van der Waals surface area contributed by atoms with Crippen LogP contribution in [0.1, 0.15) is 11.1 Å². The van der Waals surface area contributed by atoms with E-state index in [-0.39, 0.29) is 19.0 Å². The van der Waals surface area contributed by atoms with E-state index in [2.05, 4.69) is 5.32 Å². The van der Waals surface area contributed by atoms with Crippen LogP contribution in [-0.4, -0.2) is 31.5 Å². The lowest BCUT2D eigenvalue weighted by atomic mass is 10.2. The number of hydrogen-bond acceptors (Lipinski definition) is 4. The Morgan fingerprint density at radius 2 is 1.65 bits per heavy atom. The van der Waals surface area contributed by atoms with Crippen molar-refractivity contribution < 1.29 is 14.6 Å². The van der Waals surface area contributed by atoms with Gasteiger partial charge in [-0.05, 0) is 30.3 Å². The van der Waals surface area contributed by atoms with Crippen LogP contribution in [0, 0.1) is 0 Å². The molecule has 0 radical (unpaired) electrons. The molecule has 26 heavy (non-hydrogen) atoms. The van der Waals surface area contributed by atoms with Gasteiger partial charge in [-0.25, -0.2) is 0 Å².